The summed E-state index contributed by atoms with van der Waals surface area (Å²) < 4.78 is 20.6. The fourth-order valence-electron chi connectivity index (χ4n) is 2.44. The van der Waals surface area contributed by atoms with Crippen LogP contribution in [0, 0.1) is 0 Å². The number of esters is 1. The highest BCUT2D eigenvalue weighted by atomic mass is 16.5. The number of para-hydroxylation sites is 1. The summed E-state index contributed by atoms with van der Waals surface area (Å²) in [6, 6.07) is 12.5. The molecule has 2 aromatic carbocycles. The standard InChI is InChI=1S/C20H23NO6/c1-24-16-7-5-4-6-15(16)11-20(23)27-13-19(22)21-12-14-8-9-17(25-2)18(10-14)26-3/h4-10H,11-13H2,1-3H3,(H,21,22). The Bertz CT molecular complexity index is 790. The number of hydrogen-bond acceptors (Lipinski definition) is 6. The van der Waals surface area contributed by atoms with Crippen molar-refractivity contribution in [3.63, 3.8) is 0 Å². The van der Waals surface area contributed by atoms with E-state index in [4.69, 9.17) is 18.9 Å². The van der Waals surface area contributed by atoms with Gasteiger partial charge < -0.3 is 24.3 Å². The summed E-state index contributed by atoms with van der Waals surface area (Å²) >= 11 is 0. The summed E-state index contributed by atoms with van der Waals surface area (Å²) in [4.78, 5) is 23.8. The van der Waals surface area contributed by atoms with Gasteiger partial charge in [-0.1, -0.05) is 24.3 Å². The fraction of sp³-hybridized carbons (Fsp3) is 0.300. The zero-order valence-corrected chi connectivity index (χ0v) is 15.6. The first-order valence-electron chi connectivity index (χ1n) is 8.32. The Hall–Kier alpha value is -3.22. The van der Waals surface area contributed by atoms with Gasteiger partial charge in [-0.15, -0.1) is 0 Å². The second-order valence-electron chi connectivity index (χ2n) is 5.62. The van der Waals surface area contributed by atoms with Crippen molar-refractivity contribution in [2.24, 2.45) is 0 Å². The van der Waals surface area contributed by atoms with E-state index in [1.54, 1.807) is 44.6 Å². The van der Waals surface area contributed by atoms with Gasteiger partial charge in [0, 0.05) is 12.1 Å². The summed E-state index contributed by atoms with van der Waals surface area (Å²) in [6.45, 7) is -0.0650. The number of methoxy groups -OCH3 is 3. The lowest BCUT2D eigenvalue weighted by Crippen LogP contribution is -2.28. The van der Waals surface area contributed by atoms with Gasteiger partial charge >= 0.3 is 5.97 Å². The van der Waals surface area contributed by atoms with Crippen molar-refractivity contribution in [2.75, 3.05) is 27.9 Å². The van der Waals surface area contributed by atoms with E-state index in [-0.39, 0.29) is 19.6 Å². The van der Waals surface area contributed by atoms with Crippen LogP contribution in [-0.2, 0) is 27.3 Å². The third-order valence-corrected chi connectivity index (χ3v) is 3.83. The second kappa shape index (κ2) is 10.1. The van der Waals surface area contributed by atoms with Crippen molar-refractivity contribution in [2.45, 2.75) is 13.0 Å². The molecule has 0 aliphatic rings. The van der Waals surface area contributed by atoms with Crippen LogP contribution in [0.5, 0.6) is 17.2 Å². The van der Waals surface area contributed by atoms with Crippen molar-refractivity contribution >= 4 is 11.9 Å². The molecule has 2 rings (SSSR count). The maximum Gasteiger partial charge on any atom is 0.310 e. The molecule has 27 heavy (non-hydrogen) atoms. The number of ether oxygens (including phenoxy) is 4. The molecule has 0 spiro atoms. The topological polar surface area (TPSA) is 83.1 Å². The zero-order chi connectivity index (χ0) is 19.6. The Labute approximate surface area is 158 Å². The minimum Gasteiger partial charge on any atom is -0.496 e. The number of carbonyl (C=O) groups excluding carboxylic acids is 2. The summed E-state index contributed by atoms with van der Waals surface area (Å²) in [6.07, 6.45) is 0.0347. The molecule has 7 nitrogen and oxygen atoms in total. The summed E-state index contributed by atoms with van der Waals surface area (Å²) in [5.41, 5.74) is 1.54. The minimum atomic E-state index is -0.499. The highest BCUT2D eigenvalue weighted by Gasteiger charge is 2.12. The van der Waals surface area contributed by atoms with E-state index < -0.39 is 11.9 Å². The van der Waals surface area contributed by atoms with Gasteiger partial charge in [-0.25, -0.2) is 0 Å². The van der Waals surface area contributed by atoms with Crippen LogP contribution in [0.25, 0.3) is 0 Å². The van der Waals surface area contributed by atoms with Gasteiger partial charge in [0.2, 0.25) is 0 Å². The quantitative estimate of drug-likeness (QED) is 0.678. The number of hydrogen-bond donors (Lipinski definition) is 1. The van der Waals surface area contributed by atoms with Crippen LogP contribution in [0.4, 0.5) is 0 Å². The Morgan fingerprint density at radius 1 is 0.889 bits per heavy atom. The Morgan fingerprint density at radius 3 is 2.30 bits per heavy atom. The van der Waals surface area contributed by atoms with E-state index >= 15 is 0 Å². The van der Waals surface area contributed by atoms with Gasteiger partial charge in [0.15, 0.2) is 18.1 Å². The predicted octanol–water partition coefficient (Wildman–Crippen LogP) is 2.11. The summed E-state index contributed by atoms with van der Waals surface area (Å²) in [7, 11) is 4.63. The monoisotopic (exact) mass is 373 g/mol. The maximum absolute atomic E-state index is 11.9. The van der Waals surface area contributed by atoms with E-state index in [0.717, 1.165) is 5.56 Å². The SMILES string of the molecule is COc1ccccc1CC(=O)OCC(=O)NCc1ccc(OC)c(OC)c1. The first-order chi connectivity index (χ1) is 13.1. The first-order valence-corrected chi connectivity index (χ1v) is 8.32. The average Bonchev–Trinajstić information content (AvgIpc) is 2.70. The van der Waals surface area contributed by atoms with E-state index in [2.05, 4.69) is 5.32 Å². The first kappa shape index (κ1) is 20.1. The number of carbonyl (C=O) groups is 2. The molecule has 1 amide bonds. The smallest absolute Gasteiger partial charge is 0.310 e. The normalized spacial score (nSPS) is 10.0. The van der Waals surface area contributed by atoms with Crippen LogP contribution in [0.2, 0.25) is 0 Å². The van der Waals surface area contributed by atoms with E-state index in [0.29, 0.717) is 22.8 Å². The molecule has 0 aliphatic heterocycles. The summed E-state index contributed by atoms with van der Waals surface area (Å²) in [5, 5.41) is 2.69. The zero-order valence-electron chi connectivity index (χ0n) is 15.6. The van der Waals surface area contributed by atoms with E-state index in [1.165, 1.54) is 7.11 Å². The van der Waals surface area contributed by atoms with E-state index in [9.17, 15) is 9.59 Å². The lowest BCUT2D eigenvalue weighted by Gasteiger charge is -2.11. The molecule has 0 fully saturated rings. The van der Waals surface area contributed by atoms with Crippen molar-refractivity contribution < 1.29 is 28.5 Å². The highest BCUT2D eigenvalue weighted by Crippen LogP contribution is 2.27. The van der Waals surface area contributed by atoms with Crippen molar-refractivity contribution in [1.82, 2.24) is 5.32 Å². The van der Waals surface area contributed by atoms with Crippen LogP contribution in [0.3, 0.4) is 0 Å². The number of rotatable bonds is 9. The van der Waals surface area contributed by atoms with Gasteiger partial charge in [-0.05, 0) is 23.8 Å². The molecule has 0 bridgehead atoms. The Morgan fingerprint density at radius 2 is 1.59 bits per heavy atom. The average molecular weight is 373 g/mol. The van der Waals surface area contributed by atoms with Gasteiger partial charge in [-0.3, -0.25) is 9.59 Å². The lowest BCUT2D eigenvalue weighted by molar-refractivity contribution is -0.147. The fourth-order valence-corrected chi connectivity index (χ4v) is 2.44. The van der Waals surface area contributed by atoms with Crippen LogP contribution in [-0.4, -0.2) is 39.8 Å². The molecule has 1 N–H and O–H groups in total. The molecule has 0 radical (unpaired) electrons. The van der Waals surface area contributed by atoms with Crippen LogP contribution in [0.1, 0.15) is 11.1 Å². The molecule has 0 saturated carbocycles. The van der Waals surface area contributed by atoms with Gasteiger partial charge in [-0.2, -0.15) is 0 Å². The molecular weight excluding hydrogens is 350 g/mol. The lowest BCUT2D eigenvalue weighted by atomic mass is 10.1. The molecule has 7 heteroatoms. The highest BCUT2D eigenvalue weighted by molar-refractivity contribution is 5.81. The third-order valence-electron chi connectivity index (χ3n) is 3.83. The maximum atomic E-state index is 11.9. The largest absolute Gasteiger partial charge is 0.496 e. The molecule has 2 aromatic rings. The van der Waals surface area contributed by atoms with Crippen LogP contribution in [0.15, 0.2) is 42.5 Å². The second-order valence-corrected chi connectivity index (χ2v) is 5.62. The van der Waals surface area contributed by atoms with Crippen molar-refractivity contribution in [1.29, 1.82) is 0 Å². The predicted molar refractivity (Wildman–Crippen MR) is 99.0 cm³/mol. The molecule has 0 heterocycles. The van der Waals surface area contributed by atoms with Crippen molar-refractivity contribution in [3.05, 3.63) is 53.6 Å². The van der Waals surface area contributed by atoms with Crippen LogP contribution >= 0.6 is 0 Å². The molecule has 0 aromatic heterocycles. The van der Waals surface area contributed by atoms with Crippen molar-refractivity contribution in [3.8, 4) is 17.2 Å². The number of benzene rings is 2. The third kappa shape index (κ3) is 5.91. The molecule has 0 unspecified atom stereocenters. The minimum absolute atomic E-state index is 0.0347. The molecule has 144 valence electrons. The Balaban J connectivity index is 1.80. The molecule has 0 aliphatic carbocycles. The van der Waals surface area contributed by atoms with Gasteiger partial charge in [0.25, 0.3) is 5.91 Å². The van der Waals surface area contributed by atoms with Gasteiger partial charge in [0.1, 0.15) is 5.75 Å². The van der Waals surface area contributed by atoms with E-state index in [1.807, 2.05) is 12.1 Å². The molecule has 0 saturated heterocycles. The number of amides is 1. The Kier molecular flexibility index (Phi) is 7.49. The molecule has 0 atom stereocenters. The van der Waals surface area contributed by atoms with Crippen LogP contribution < -0.4 is 19.5 Å². The summed E-state index contributed by atoms with van der Waals surface area (Å²) in [5.74, 6) is 0.900. The molecular formula is C20H23NO6. The number of nitrogens with one attached hydrogen (secondary N) is 1. The van der Waals surface area contributed by atoms with Gasteiger partial charge in [0.05, 0.1) is 27.8 Å².